The Labute approximate surface area is 60.7 Å². The Hall–Kier alpha value is -0.160. The molecule has 2 N–H and O–H groups in total. The number of rotatable bonds is 0. The van der Waals surface area contributed by atoms with Gasteiger partial charge in [-0.05, 0) is 12.8 Å². The molecule has 1 aliphatic heterocycles. The third-order valence-corrected chi connectivity index (χ3v) is 1.45. The van der Waals surface area contributed by atoms with Crippen LogP contribution in [0.1, 0.15) is 25.7 Å². The molecule has 60 valence electrons. The summed E-state index contributed by atoms with van der Waals surface area (Å²) in [6.45, 7) is 1.61. The van der Waals surface area contributed by atoms with E-state index in [1.807, 2.05) is 0 Å². The van der Waals surface area contributed by atoms with Gasteiger partial charge in [-0.15, -0.1) is 10.6 Å². The largest absolute Gasteiger partial charge is 0.232 e. The molecule has 10 heavy (non-hydrogen) atoms. The van der Waals surface area contributed by atoms with Crippen molar-refractivity contribution in [2.75, 3.05) is 13.2 Å². The van der Waals surface area contributed by atoms with Crippen molar-refractivity contribution in [3.05, 3.63) is 0 Å². The third-order valence-electron chi connectivity index (χ3n) is 1.45. The van der Waals surface area contributed by atoms with E-state index in [2.05, 4.69) is 16.0 Å². The van der Waals surface area contributed by atoms with E-state index in [1.54, 1.807) is 0 Å². The zero-order chi connectivity index (χ0) is 7.07. The van der Waals surface area contributed by atoms with Crippen LogP contribution in [-0.4, -0.2) is 13.2 Å². The first-order valence-corrected chi connectivity index (χ1v) is 3.76. The molecule has 4 nitrogen and oxygen atoms in total. The molecule has 0 aliphatic carbocycles. The highest BCUT2D eigenvalue weighted by molar-refractivity contribution is 4.44. The highest BCUT2D eigenvalue weighted by atomic mass is 17.3. The van der Waals surface area contributed by atoms with Crippen LogP contribution >= 0.6 is 0 Å². The first-order chi connectivity index (χ1) is 5.00. The van der Waals surface area contributed by atoms with Crippen LogP contribution in [0.25, 0.3) is 0 Å². The SMILES string of the molecule is C1CCCOONNCC1. The summed E-state index contributed by atoms with van der Waals surface area (Å²) < 4.78 is 0. The molecule has 0 bridgehead atoms. The van der Waals surface area contributed by atoms with Gasteiger partial charge in [-0.1, -0.05) is 12.8 Å². The Morgan fingerprint density at radius 1 is 1.00 bits per heavy atom. The molecule has 0 radical (unpaired) electrons. The monoisotopic (exact) mass is 146 g/mol. The van der Waals surface area contributed by atoms with Crippen molar-refractivity contribution >= 4 is 0 Å². The normalized spacial score (nSPS) is 24.0. The molecule has 1 fully saturated rings. The maximum atomic E-state index is 4.74. The standard InChI is InChI=1S/C6H14N2O2/c1-2-4-6-9-10-8-7-5-3-1/h7-8H,1-6H2. The molecule has 0 aromatic carbocycles. The van der Waals surface area contributed by atoms with Gasteiger partial charge in [0, 0.05) is 6.54 Å². The number of nitrogens with one attached hydrogen (secondary N) is 2. The lowest BCUT2D eigenvalue weighted by Gasteiger charge is -2.08. The van der Waals surface area contributed by atoms with E-state index in [-0.39, 0.29) is 0 Å². The quantitative estimate of drug-likeness (QED) is 0.489. The van der Waals surface area contributed by atoms with Crippen molar-refractivity contribution in [3.8, 4) is 0 Å². The molecular weight excluding hydrogens is 132 g/mol. The summed E-state index contributed by atoms with van der Waals surface area (Å²) in [4.78, 5) is 9.29. The van der Waals surface area contributed by atoms with E-state index in [4.69, 9.17) is 4.89 Å². The minimum atomic E-state index is 0.675. The van der Waals surface area contributed by atoms with Gasteiger partial charge in [-0.2, -0.15) is 0 Å². The van der Waals surface area contributed by atoms with E-state index in [9.17, 15) is 0 Å². The minimum absolute atomic E-state index is 0.675. The second kappa shape index (κ2) is 5.61. The molecule has 0 saturated carbocycles. The predicted molar refractivity (Wildman–Crippen MR) is 36.6 cm³/mol. The van der Waals surface area contributed by atoms with E-state index < -0.39 is 0 Å². The Morgan fingerprint density at radius 3 is 2.90 bits per heavy atom. The highest BCUT2D eigenvalue weighted by Gasteiger charge is 1.94. The van der Waals surface area contributed by atoms with E-state index in [0.717, 1.165) is 13.0 Å². The van der Waals surface area contributed by atoms with Crippen LogP contribution in [0.2, 0.25) is 0 Å². The fourth-order valence-corrected chi connectivity index (χ4v) is 0.880. The van der Waals surface area contributed by atoms with Gasteiger partial charge in [0.25, 0.3) is 0 Å². The molecule has 4 heteroatoms. The summed E-state index contributed by atoms with van der Waals surface area (Å²) >= 11 is 0. The second-order valence-corrected chi connectivity index (χ2v) is 2.35. The number of hydrogen-bond acceptors (Lipinski definition) is 4. The van der Waals surface area contributed by atoms with Crippen LogP contribution in [0, 0.1) is 0 Å². The fourth-order valence-electron chi connectivity index (χ4n) is 0.880. The third kappa shape index (κ3) is 3.79. The summed E-state index contributed by atoms with van der Waals surface area (Å²) in [5.41, 5.74) is 5.34. The first kappa shape index (κ1) is 7.94. The van der Waals surface area contributed by atoms with Gasteiger partial charge in [0.2, 0.25) is 0 Å². The smallest absolute Gasteiger partial charge is 0.0842 e. The Balaban J connectivity index is 2.00. The van der Waals surface area contributed by atoms with Crippen LogP contribution in [0.15, 0.2) is 0 Å². The van der Waals surface area contributed by atoms with Crippen molar-refractivity contribution in [2.24, 2.45) is 0 Å². The van der Waals surface area contributed by atoms with Gasteiger partial charge in [0.1, 0.15) is 0 Å². The molecule has 0 aromatic heterocycles. The van der Waals surface area contributed by atoms with E-state index >= 15 is 0 Å². The lowest BCUT2D eigenvalue weighted by atomic mass is 10.2. The zero-order valence-corrected chi connectivity index (χ0v) is 6.06. The van der Waals surface area contributed by atoms with Gasteiger partial charge >= 0.3 is 0 Å². The zero-order valence-electron chi connectivity index (χ0n) is 6.06. The van der Waals surface area contributed by atoms with E-state index in [0.29, 0.717) is 6.61 Å². The fraction of sp³-hybridized carbons (Fsp3) is 1.00. The molecule has 0 unspecified atom stereocenters. The van der Waals surface area contributed by atoms with Crippen molar-refractivity contribution in [3.63, 3.8) is 0 Å². The van der Waals surface area contributed by atoms with Gasteiger partial charge in [-0.3, -0.25) is 0 Å². The number of hydrazine groups is 1. The Bertz CT molecular complexity index is 46.9. The molecule has 0 atom stereocenters. The number of hydrogen-bond donors (Lipinski definition) is 2. The van der Waals surface area contributed by atoms with Gasteiger partial charge in [-0.25, -0.2) is 10.3 Å². The molecule has 1 rings (SSSR count). The minimum Gasteiger partial charge on any atom is -0.232 e. The summed E-state index contributed by atoms with van der Waals surface area (Å²) in [5, 5.41) is 0. The Kier molecular flexibility index (Phi) is 4.46. The maximum Gasteiger partial charge on any atom is 0.0842 e. The van der Waals surface area contributed by atoms with Gasteiger partial charge in [0.05, 0.1) is 6.61 Å². The van der Waals surface area contributed by atoms with Crippen molar-refractivity contribution in [1.82, 2.24) is 11.0 Å². The van der Waals surface area contributed by atoms with Crippen LogP contribution in [-0.2, 0) is 9.88 Å². The molecular formula is C6H14N2O2. The molecule has 0 amide bonds. The second-order valence-electron chi connectivity index (χ2n) is 2.35. The summed E-state index contributed by atoms with van der Waals surface area (Å²) in [6, 6.07) is 0. The lowest BCUT2D eigenvalue weighted by molar-refractivity contribution is -0.346. The highest BCUT2D eigenvalue weighted by Crippen LogP contribution is 1.99. The summed E-state index contributed by atoms with van der Waals surface area (Å²) in [6.07, 6.45) is 4.77. The average Bonchev–Trinajstić information content (AvgIpc) is 2.01. The molecule has 1 aliphatic rings. The van der Waals surface area contributed by atoms with Crippen LogP contribution in [0.5, 0.6) is 0 Å². The molecule has 0 spiro atoms. The molecule has 1 saturated heterocycles. The molecule has 0 aromatic rings. The first-order valence-electron chi connectivity index (χ1n) is 3.76. The maximum absolute atomic E-state index is 4.74. The predicted octanol–water partition coefficient (Wildman–Crippen LogP) is 0.518. The van der Waals surface area contributed by atoms with Crippen molar-refractivity contribution < 1.29 is 9.88 Å². The van der Waals surface area contributed by atoms with Crippen molar-refractivity contribution in [2.45, 2.75) is 25.7 Å². The van der Waals surface area contributed by atoms with Crippen LogP contribution in [0.4, 0.5) is 0 Å². The average molecular weight is 146 g/mol. The van der Waals surface area contributed by atoms with Gasteiger partial charge in [0.15, 0.2) is 0 Å². The van der Waals surface area contributed by atoms with Crippen LogP contribution in [0.3, 0.4) is 0 Å². The Morgan fingerprint density at radius 2 is 1.90 bits per heavy atom. The molecule has 1 heterocycles. The topological polar surface area (TPSA) is 42.5 Å². The van der Waals surface area contributed by atoms with Crippen LogP contribution < -0.4 is 11.0 Å². The van der Waals surface area contributed by atoms with Gasteiger partial charge < -0.3 is 0 Å². The summed E-state index contributed by atoms with van der Waals surface area (Å²) in [5.74, 6) is 0. The summed E-state index contributed by atoms with van der Waals surface area (Å²) in [7, 11) is 0. The van der Waals surface area contributed by atoms with E-state index in [1.165, 1.54) is 19.3 Å². The lowest BCUT2D eigenvalue weighted by Crippen LogP contribution is -2.33. The van der Waals surface area contributed by atoms with Crippen molar-refractivity contribution in [1.29, 1.82) is 0 Å².